The van der Waals surface area contributed by atoms with Gasteiger partial charge in [-0.3, -0.25) is 0 Å². The predicted octanol–water partition coefficient (Wildman–Crippen LogP) is 3.98. The summed E-state index contributed by atoms with van der Waals surface area (Å²) in [5.41, 5.74) is 2.33. The van der Waals surface area contributed by atoms with Crippen molar-refractivity contribution in [1.29, 1.82) is 0 Å². The van der Waals surface area contributed by atoms with E-state index in [1.807, 2.05) is 26.0 Å². The van der Waals surface area contributed by atoms with Crippen LogP contribution < -0.4 is 0 Å². The Morgan fingerprint density at radius 1 is 0.941 bits per heavy atom. The largest absolute Gasteiger partial charge is 0.339 e. The first-order valence-corrected chi connectivity index (χ1v) is 6.02. The van der Waals surface area contributed by atoms with Gasteiger partial charge in [0.05, 0.1) is 0 Å². The first-order chi connectivity index (χ1) is 8.08. The molecule has 0 aliphatic rings. The number of rotatable bonds is 3. The summed E-state index contributed by atoms with van der Waals surface area (Å²) in [6, 6.07) is 8.32. The van der Waals surface area contributed by atoms with E-state index in [1.54, 1.807) is 0 Å². The van der Waals surface area contributed by atoms with Gasteiger partial charge in [0.25, 0.3) is 0 Å². The molecule has 0 fully saturated rings. The van der Waals surface area contributed by atoms with E-state index in [4.69, 9.17) is 4.52 Å². The number of nitrogens with zero attached hydrogens (tertiary/aromatic N) is 2. The number of benzene rings is 1. The summed E-state index contributed by atoms with van der Waals surface area (Å²) < 4.78 is 5.20. The molecule has 0 radical (unpaired) electrons. The quantitative estimate of drug-likeness (QED) is 0.800. The number of hydrogen-bond acceptors (Lipinski definition) is 3. The van der Waals surface area contributed by atoms with Gasteiger partial charge in [0, 0.05) is 11.5 Å². The van der Waals surface area contributed by atoms with Crippen molar-refractivity contribution in [2.24, 2.45) is 0 Å². The van der Waals surface area contributed by atoms with Gasteiger partial charge in [0.1, 0.15) is 0 Å². The molecule has 0 N–H and O–H groups in total. The van der Waals surface area contributed by atoms with E-state index in [-0.39, 0.29) is 5.92 Å². The van der Waals surface area contributed by atoms with Crippen LogP contribution in [0.1, 0.15) is 51.0 Å². The number of aromatic nitrogens is 2. The first-order valence-electron chi connectivity index (χ1n) is 6.02. The van der Waals surface area contributed by atoms with Gasteiger partial charge in [-0.15, -0.1) is 0 Å². The van der Waals surface area contributed by atoms with Gasteiger partial charge in [0.2, 0.25) is 11.7 Å². The molecule has 0 bridgehead atoms. The molecular formula is C14H18N2O. The minimum absolute atomic E-state index is 0.270. The van der Waals surface area contributed by atoms with E-state index in [0.29, 0.717) is 17.6 Å². The first kappa shape index (κ1) is 11.8. The zero-order valence-corrected chi connectivity index (χ0v) is 10.8. The zero-order valence-electron chi connectivity index (χ0n) is 10.8. The lowest BCUT2D eigenvalue weighted by molar-refractivity contribution is 0.365. The number of hydrogen-bond donors (Lipinski definition) is 0. The fourth-order valence-electron chi connectivity index (χ4n) is 1.60. The van der Waals surface area contributed by atoms with E-state index in [9.17, 15) is 0 Å². The Balaban J connectivity index is 2.27. The van der Waals surface area contributed by atoms with E-state index in [1.165, 1.54) is 5.56 Å². The third-order valence-corrected chi connectivity index (χ3v) is 2.77. The molecule has 3 nitrogen and oxygen atoms in total. The lowest BCUT2D eigenvalue weighted by Gasteiger charge is -2.04. The lowest BCUT2D eigenvalue weighted by atomic mass is 10.0. The van der Waals surface area contributed by atoms with Crippen molar-refractivity contribution < 1.29 is 4.52 Å². The molecule has 0 saturated carbocycles. The van der Waals surface area contributed by atoms with E-state index >= 15 is 0 Å². The summed E-state index contributed by atoms with van der Waals surface area (Å²) in [4.78, 5) is 4.38. The second-order valence-electron chi connectivity index (χ2n) is 4.89. The van der Waals surface area contributed by atoms with Crippen LogP contribution in [0.25, 0.3) is 11.4 Å². The summed E-state index contributed by atoms with van der Waals surface area (Å²) in [6.45, 7) is 8.44. The smallest absolute Gasteiger partial charge is 0.229 e. The second-order valence-corrected chi connectivity index (χ2v) is 4.89. The Morgan fingerprint density at radius 2 is 1.59 bits per heavy atom. The highest BCUT2D eigenvalue weighted by Gasteiger charge is 2.11. The zero-order chi connectivity index (χ0) is 12.4. The molecule has 0 unspecified atom stereocenters. The van der Waals surface area contributed by atoms with Crippen LogP contribution in [0.3, 0.4) is 0 Å². The van der Waals surface area contributed by atoms with Gasteiger partial charge >= 0.3 is 0 Å². The molecule has 0 aliphatic heterocycles. The van der Waals surface area contributed by atoms with E-state index in [2.05, 4.69) is 36.1 Å². The van der Waals surface area contributed by atoms with Gasteiger partial charge in [-0.25, -0.2) is 0 Å². The third kappa shape index (κ3) is 2.54. The van der Waals surface area contributed by atoms with Gasteiger partial charge in [-0.1, -0.05) is 57.1 Å². The molecule has 1 heterocycles. The third-order valence-electron chi connectivity index (χ3n) is 2.77. The lowest BCUT2D eigenvalue weighted by Crippen LogP contribution is -1.89. The van der Waals surface area contributed by atoms with Crippen LogP contribution in [0.4, 0.5) is 0 Å². The maximum absolute atomic E-state index is 5.20. The minimum Gasteiger partial charge on any atom is -0.339 e. The fraction of sp³-hybridized carbons (Fsp3) is 0.429. The van der Waals surface area contributed by atoms with Crippen LogP contribution in [-0.2, 0) is 0 Å². The predicted molar refractivity (Wildman–Crippen MR) is 67.9 cm³/mol. The average molecular weight is 230 g/mol. The monoisotopic (exact) mass is 230 g/mol. The van der Waals surface area contributed by atoms with Crippen molar-refractivity contribution in [3.63, 3.8) is 0 Å². The van der Waals surface area contributed by atoms with Crippen LogP contribution in [-0.4, -0.2) is 10.1 Å². The SMILES string of the molecule is CC(C)c1ccc(-c2noc(C(C)C)n2)cc1. The van der Waals surface area contributed by atoms with E-state index < -0.39 is 0 Å². The highest BCUT2D eigenvalue weighted by atomic mass is 16.5. The molecule has 2 aromatic rings. The topological polar surface area (TPSA) is 38.9 Å². The molecule has 0 amide bonds. The Bertz CT molecular complexity index is 483. The van der Waals surface area contributed by atoms with Crippen LogP contribution >= 0.6 is 0 Å². The highest BCUT2D eigenvalue weighted by Crippen LogP contribution is 2.22. The maximum atomic E-state index is 5.20. The summed E-state index contributed by atoms with van der Waals surface area (Å²) in [5.74, 6) is 2.17. The summed E-state index contributed by atoms with van der Waals surface area (Å²) in [5, 5.41) is 4.00. The van der Waals surface area contributed by atoms with Gasteiger partial charge < -0.3 is 4.52 Å². The van der Waals surface area contributed by atoms with Crippen LogP contribution in [0.15, 0.2) is 28.8 Å². The fourth-order valence-corrected chi connectivity index (χ4v) is 1.60. The molecule has 0 atom stereocenters. The Morgan fingerprint density at radius 3 is 2.06 bits per heavy atom. The molecule has 17 heavy (non-hydrogen) atoms. The second kappa shape index (κ2) is 4.70. The molecule has 3 heteroatoms. The molecule has 1 aromatic carbocycles. The van der Waals surface area contributed by atoms with Crippen LogP contribution in [0.5, 0.6) is 0 Å². The molecular weight excluding hydrogens is 212 g/mol. The summed E-state index contributed by atoms with van der Waals surface area (Å²) in [6.07, 6.45) is 0. The van der Waals surface area contributed by atoms with Gasteiger partial charge in [-0.05, 0) is 11.5 Å². The van der Waals surface area contributed by atoms with Gasteiger partial charge in [-0.2, -0.15) is 4.98 Å². The molecule has 0 spiro atoms. The summed E-state index contributed by atoms with van der Waals surface area (Å²) >= 11 is 0. The molecule has 0 aliphatic carbocycles. The Labute approximate surface area is 102 Å². The Hall–Kier alpha value is -1.64. The van der Waals surface area contributed by atoms with Crippen molar-refractivity contribution in [1.82, 2.24) is 10.1 Å². The standard InChI is InChI=1S/C14H18N2O/c1-9(2)11-5-7-12(8-6-11)13-15-14(10(3)4)17-16-13/h5-10H,1-4H3. The molecule has 1 aromatic heterocycles. The minimum atomic E-state index is 0.270. The van der Waals surface area contributed by atoms with Crippen molar-refractivity contribution in [2.75, 3.05) is 0 Å². The average Bonchev–Trinajstić information content (AvgIpc) is 2.78. The van der Waals surface area contributed by atoms with E-state index in [0.717, 1.165) is 5.56 Å². The van der Waals surface area contributed by atoms with Crippen LogP contribution in [0.2, 0.25) is 0 Å². The van der Waals surface area contributed by atoms with Crippen molar-refractivity contribution in [3.05, 3.63) is 35.7 Å². The molecule has 2 rings (SSSR count). The Kier molecular flexibility index (Phi) is 3.27. The summed E-state index contributed by atoms with van der Waals surface area (Å²) in [7, 11) is 0. The van der Waals surface area contributed by atoms with Crippen molar-refractivity contribution >= 4 is 0 Å². The molecule has 90 valence electrons. The maximum Gasteiger partial charge on any atom is 0.229 e. The van der Waals surface area contributed by atoms with Crippen LogP contribution in [0, 0.1) is 0 Å². The highest BCUT2D eigenvalue weighted by molar-refractivity contribution is 5.54. The molecule has 0 saturated heterocycles. The van der Waals surface area contributed by atoms with Crippen molar-refractivity contribution in [2.45, 2.75) is 39.5 Å². The normalized spacial score (nSPS) is 11.4. The van der Waals surface area contributed by atoms with Crippen molar-refractivity contribution in [3.8, 4) is 11.4 Å². The van der Waals surface area contributed by atoms with Gasteiger partial charge in [0.15, 0.2) is 0 Å².